The Hall–Kier alpha value is -1.75. The van der Waals surface area contributed by atoms with Gasteiger partial charge in [0.1, 0.15) is 0 Å². The number of ketones is 1. The molecule has 6 aliphatic carbocycles. The van der Waals surface area contributed by atoms with E-state index in [0.29, 0.717) is 18.9 Å². The molecule has 0 aliphatic heterocycles. The summed E-state index contributed by atoms with van der Waals surface area (Å²) in [5.74, 6) is 0.703. The maximum Gasteiger partial charge on any atom is 0.189 e. The molecule has 0 radical (unpaired) electrons. The van der Waals surface area contributed by atoms with Gasteiger partial charge in [-0.25, -0.2) is 0 Å². The van der Waals surface area contributed by atoms with E-state index in [-0.39, 0.29) is 39.5 Å². The first-order chi connectivity index (χ1) is 17.6. The molecule has 3 saturated carbocycles. The molecule has 3 fully saturated rings. The van der Waals surface area contributed by atoms with Gasteiger partial charge in [0.05, 0.1) is 11.7 Å². The number of aliphatic hydroxyl groups excluding tert-OH is 1. The number of fused-ring (bicyclic) bond motifs is 1. The van der Waals surface area contributed by atoms with E-state index in [4.69, 9.17) is 0 Å². The molecule has 0 amide bonds. The molecule has 200 valence electrons. The van der Waals surface area contributed by atoms with Crippen LogP contribution in [-0.2, 0) is 0 Å². The summed E-state index contributed by atoms with van der Waals surface area (Å²) in [5, 5.41) is 23.1. The molecule has 6 aliphatic rings. The number of nitrogens with zero attached hydrogens (tertiary/aromatic N) is 1. The predicted molar refractivity (Wildman–Crippen MR) is 147 cm³/mol. The molecule has 1 aromatic carbocycles. The van der Waals surface area contributed by atoms with Crippen LogP contribution < -0.4 is 0 Å². The molecule has 4 nitrogen and oxygen atoms in total. The summed E-state index contributed by atoms with van der Waals surface area (Å²) in [4.78, 5) is 16.7. The van der Waals surface area contributed by atoms with Gasteiger partial charge >= 0.3 is 0 Å². The van der Waals surface area contributed by atoms with Crippen molar-refractivity contribution in [2.75, 3.05) is 20.1 Å². The molecular weight excluding hydrogens is 458 g/mol. The maximum absolute atomic E-state index is 14.4. The fourth-order valence-electron chi connectivity index (χ4n) is 10.3. The molecule has 0 saturated heterocycles. The summed E-state index contributed by atoms with van der Waals surface area (Å²) in [5.41, 5.74) is 0.0513. The van der Waals surface area contributed by atoms with Crippen molar-refractivity contribution in [3.63, 3.8) is 0 Å². The Morgan fingerprint density at radius 2 is 1.68 bits per heavy atom. The van der Waals surface area contributed by atoms with E-state index in [1.165, 1.54) is 0 Å². The monoisotopic (exact) mass is 503 g/mol. The van der Waals surface area contributed by atoms with Gasteiger partial charge in [0, 0.05) is 33.9 Å². The van der Waals surface area contributed by atoms with Gasteiger partial charge in [-0.15, -0.1) is 0 Å². The highest BCUT2D eigenvalue weighted by atomic mass is 16.3. The molecule has 37 heavy (non-hydrogen) atoms. The number of carbonyl (C=O) groups excluding carboxylic acids is 1. The average molecular weight is 504 g/mol. The zero-order chi connectivity index (χ0) is 26.3. The summed E-state index contributed by atoms with van der Waals surface area (Å²) in [6, 6.07) is 9.76. The van der Waals surface area contributed by atoms with E-state index in [1.807, 2.05) is 30.3 Å². The van der Waals surface area contributed by atoms with Gasteiger partial charge in [0.15, 0.2) is 5.78 Å². The summed E-state index contributed by atoms with van der Waals surface area (Å²) in [6.07, 6.45) is 14.1. The largest absolute Gasteiger partial charge is 0.393 e. The van der Waals surface area contributed by atoms with Crippen LogP contribution in [-0.4, -0.2) is 52.7 Å². The Morgan fingerprint density at radius 3 is 2.41 bits per heavy atom. The lowest BCUT2D eigenvalue weighted by Gasteiger charge is -2.71. The van der Waals surface area contributed by atoms with Crippen LogP contribution in [0.3, 0.4) is 0 Å². The number of hydrogen-bond donors (Lipinski definition) is 2. The highest BCUT2D eigenvalue weighted by molar-refractivity contribution is 6.10. The van der Waals surface area contributed by atoms with Crippen molar-refractivity contribution in [3.05, 3.63) is 59.7 Å². The van der Waals surface area contributed by atoms with E-state index in [1.54, 1.807) is 0 Å². The molecule has 7 rings (SSSR count). The van der Waals surface area contributed by atoms with Gasteiger partial charge in [-0.05, 0) is 82.2 Å². The third kappa shape index (κ3) is 3.22. The first kappa shape index (κ1) is 25.5. The van der Waals surface area contributed by atoms with E-state index < -0.39 is 5.60 Å². The van der Waals surface area contributed by atoms with Crippen LogP contribution in [0.2, 0.25) is 0 Å². The highest BCUT2D eigenvalue weighted by Crippen LogP contribution is 2.78. The number of rotatable bonds is 6. The number of aliphatic hydroxyl groups is 2. The number of hydrogen-bond acceptors (Lipinski definition) is 4. The van der Waals surface area contributed by atoms with Crippen molar-refractivity contribution < 1.29 is 15.0 Å². The minimum absolute atomic E-state index is 0.0164. The van der Waals surface area contributed by atoms with Gasteiger partial charge in [0.25, 0.3) is 0 Å². The molecular formula is C33H45NO3. The topological polar surface area (TPSA) is 60.8 Å². The van der Waals surface area contributed by atoms with Crippen molar-refractivity contribution in [1.82, 2.24) is 4.90 Å². The van der Waals surface area contributed by atoms with Gasteiger partial charge in [-0.1, -0.05) is 69.3 Å². The van der Waals surface area contributed by atoms with Gasteiger partial charge in [-0.2, -0.15) is 0 Å². The molecule has 4 heteroatoms. The first-order valence-electron chi connectivity index (χ1n) is 14.7. The van der Waals surface area contributed by atoms with E-state index in [2.05, 4.69) is 50.9 Å². The van der Waals surface area contributed by atoms with Crippen molar-refractivity contribution in [1.29, 1.82) is 0 Å². The average Bonchev–Trinajstić information content (AvgIpc) is 3.14. The summed E-state index contributed by atoms with van der Waals surface area (Å²) >= 11 is 0. The van der Waals surface area contributed by atoms with E-state index in [0.717, 1.165) is 62.6 Å². The molecule has 8 unspecified atom stereocenters. The van der Waals surface area contributed by atoms with Crippen LogP contribution in [0.5, 0.6) is 0 Å². The number of allylic oxidation sites excluding steroid dienone is 4. The molecule has 0 aromatic heterocycles. The fourth-order valence-corrected chi connectivity index (χ4v) is 10.3. The highest BCUT2D eigenvalue weighted by Gasteiger charge is 2.74. The van der Waals surface area contributed by atoms with Crippen LogP contribution in [0.4, 0.5) is 0 Å². The van der Waals surface area contributed by atoms with Crippen molar-refractivity contribution in [2.45, 2.75) is 83.8 Å². The lowest BCUT2D eigenvalue weighted by atomic mass is 9.32. The molecule has 2 bridgehead atoms. The Kier molecular flexibility index (Phi) is 5.78. The Balaban J connectivity index is 1.51. The van der Waals surface area contributed by atoms with E-state index >= 15 is 0 Å². The van der Waals surface area contributed by atoms with Crippen LogP contribution in [0, 0.1) is 33.5 Å². The molecule has 0 heterocycles. The quantitative estimate of drug-likeness (QED) is 0.380. The van der Waals surface area contributed by atoms with E-state index in [9.17, 15) is 15.0 Å². The normalized spacial score (nSPS) is 45.8. The van der Waals surface area contributed by atoms with Crippen LogP contribution >= 0.6 is 0 Å². The zero-order valence-corrected chi connectivity index (χ0v) is 23.2. The maximum atomic E-state index is 14.4. The number of likely N-dealkylation sites (N-methyl/N-ethyl adjacent to an activating group) is 1. The minimum atomic E-state index is -0.758. The third-order valence-electron chi connectivity index (χ3n) is 12.1. The summed E-state index contributed by atoms with van der Waals surface area (Å²) < 4.78 is 0. The van der Waals surface area contributed by atoms with Gasteiger partial charge < -0.3 is 15.1 Å². The van der Waals surface area contributed by atoms with Gasteiger partial charge in [0.2, 0.25) is 0 Å². The smallest absolute Gasteiger partial charge is 0.189 e. The minimum Gasteiger partial charge on any atom is -0.393 e. The van der Waals surface area contributed by atoms with Gasteiger partial charge in [-0.3, -0.25) is 4.79 Å². The Bertz CT molecular complexity index is 1140. The second kappa shape index (κ2) is 8.37. The van der Waals surface area contributed by atoms with Crippen molar-refractivity contribution in [2.24, 2.45) is 33.5 Å². The van der Waals surface area contributed by atoms with Crippen LogP contribution in [0.1, 0.15) is 82.5 Å². The van der Waals surface area contributed by atoms with Crippen LogP contribution in [0.15, 0.2) is 54.1 Å². The second-order valence-corrected chi connectivity index (χ2v) is 13.7. The number of carbonyl (C=O) groups is 1. The number of benzene rings is 1. The molecule has 1 aromatic rings. The molecule has 2 spiro atoms. The summed E-state index contributed by atoms with van der Waals surface area (Å²) in [6.45, 7) is 8.64. The Morgan fingerprint density at radius 1 is 1.00 bits per heavy atom. The molecule has 8 atom stereocenters. The third-order valence-corrected chi connectivity index (χ3v) is 12.1. The van der Waals surface area contributed by atoms with Crippen molar-refractivity contribution >= 4 is 5.78 Å². The fraction of sp³-hybridized carbons (Fsp3) is 0.667. The Labute approximate surface area is 222 Å². The SMILES string of the molecule is CCCN(C)CC1(O)CCC2C34C=CC5(C=C3C(=O)c3ccccc3)CC(O)CCC5(C)C4CCC21C. The number of Topliss-reactive ketones (excluding diaryl/α,β-unsaturated/α-hetero) is 1. The lowest BCUT2D eigenvalue weighted by molar-refractivity contribution is -0.175. The first-order valence-corrected chi connectivity index (χ1v) is 14.7. The van der Waals surface area contributed by atoms with Crippen molar-refractivity contribution in [3.8, 4) is 0 Å². The zero-order valence-electron chi connectivity index (χ0n) is 23.2. The standard InChI is InChI=1S/C33H45NO3/c1-5-19-34(4)22-32(37)16-13-27-30(32,3)15-12-26-29(2)14-11-24(35)20-31(29)17-18-33(26,27)25(21-31)28(36)23-9-7-6-8-10-23/h6-10,17-18,21,24,26-27,35,37H,5,11-16,19-20,22H2,1-4H3. The predicted octanol–water partition coefficient (Wildman–Crippen LogP) is 5.80. The molecule has 2 N–H and O–H groups in total. The van der Waals surface area contributed by atoms with Crippen LogP contribution in [0.25, 0.3) is 0 Å². The lowest BCUT2D eigenvalue weighted by Crippen LogP contribution is -2.67. The summed E-state index contributed by atoms with van der Waals surface area (Å²) in [7, 11) is 2.14. The second-order valence-electron chi connectivity index (χ2n) is 13.7.